The first-order valence-electron chi connectivity index (χ1n) is 11.3. The summed E-state index contributed by atoms with van der Waals surface area (Å²) in [6.07, 6.45) is 1.65. The number of rotatable bonds is 10. The van der Waals surface area contributed by atoms with Crippen LogP contribution in [0.5, 0.6) is 11.5 Å². The lowest BCUT2D eigenvalue weighted by molar-refractivity contribution is -0.785. The normalized spacial score (nSPS) is 23.7. The van der Waals surface area contributed by atoms with Gasteiger partial charge in [0.15, 0.2) is 17.6 Å². The number of alkyl halides is 2. The minimum atomic E-state index is -3.03. The van der Waals surface area contributed by atoms with Crippen molar-refractivity contribution in [3.05, 3.63) is 50.8 Å². The molecule has 3 atom stereocenters. The number of nitrogens with one attached hydrogen (secondary N) is 2. The molecule has 2 unspecified atom stereocenters. The van der Waals surface area contributed by atoms with Gasteiger partial charge in [-0.05, 0) is 36.5 Å². The second-order valence-corrected chi connectivity index (χ2v) is 9.41. The van der Waals surface area contributed by atoms with Crippen molar-refractivity contribution in [1.29, 1.82) is 0 Å². The summed E-state index contributed by atoms with van der Waals surface area (Å²) in [5.41, 5.74) is 0.926. The van der Waals surface area contributed by atoms with Crippen LogP contribution in [0, 0.1) is 11.1 Å². The topological polar surface area (TPSA) is 93.5 Å². The molecule has 0 radical (unpaired) electrons. The molecule has 4 rings (SSSR count). The summed E-state index contributed by atoms with van der Waals surface area (Å²) >= 11 is 12.6. The van der Waals surface area contributed by atoms with E-state index in [0.29, 0.717) is 43.4 Å². The molecule has 2 N–H and O–H groups in total. The molecule has 1 saturated carbocycles. The molecule has 1 aromatic rings. The SMILES string of the molecule is O=C(O[C@@H](CC1=C(Cl)C[NH+]([O-])C=C1Cl)c1ccc(OC(F)F)c(OCC2CC2)c1)C1CNCCO1. The van der Waals surface area contributed by atoms with E-state index in [1.807, 2.05) is 0 Å². The number of allylic oxidation sites excluding steroid dienone is 1. The minimum Gasteiger partial charge on any atom is -0.629 e. The zero-order valence-corrected chi connectivity index (χ0v) is 20.2. The van der Waals surface area contributed by atoms with Crippen molar-refractivity contribution in [3.8, 4) is 11.5 Å². The Hall–Kier alpha value is -1.95. The van der Waals surface area contributed by atoms with Gasteiger partial charge in [0, 0.05) is 25.1 Å². The van der Waals surface area contributed by atoms with Crippen LogP contribution in [0.4, 0.5) is 8.78 Å². The van der Waals surface area contributed by atoms with Gasteiger partial charge in [-0.1, -0.05) is 29.3 Å². The van der Waals surface area contributed by atoms with Crippen molar-refractivity contribution in [2.24, 2.45) is 5.92 Å². The van der Waals surface area contributed by atoms with Crippen LogP contribution in [-0.2, 0) is 14.3 Å². The molecule has 1 aliphatic carbocycles. The van der Waals surface area contributed by atoms with Crippen molar-refractivity contribution >= 4 is 29.2 Å². The number of benzene rings is 1. The van der Waals surface area contributed by atoms with Crippen LogP contribution in [0.1, 0.15) is 30.9 Å². The Balaban J connectivity index is 1.62. The number of carbonyl (C=O) groups is 1. The fraction of sp³-hybridized carbons (Fsp3) is 0.522. The molecule has 192 valence electrons. The Morgan fingerprint density at radius 1 is 1.29 bits per heavy atom. The molecule has 12 heteroatoms. The van der Waals surface area contributed by atoms with E-state index >= 15 is 0 Å². The minimum absolute atomic E-state index is 0.0135. The summed E-state index contributed by atoms with van der Waals surface area (Å²) in [4.78, 5) is 12.9. The molecule has 3 aliphatic rings. The first-order chi connectivity index (χ1) is 16.8. The van der Waals surface area contributed by atoms with Crippen LogP contribution in [0.25, 0.3) is 0 Å². The third kappa shape index (κ3) is 7.28. The van der Waals surface area contributed by atoms with E-state index in [2.05, 4.69) is 10.1 Å². The van der Waals surface area contributed by atoms with E-state index in [-0.39, 0.29) is 39.6 Å². The van der Waals surface area contributed by atoms with E-state index in [0.717, 1.165) is 12.8 Å². The number of hydrogen-bond acceptors (Lipinski definition) is 7. The fourth-order valence-corrected chi connectivity index (χ4v) is 4.42. The molecular formula is C23H26Cl2F2N2O6. The number of esters is 1. The highest BCUT2D eigenvalue weighted by molar-refractivity contribution is 6.35. The van der Waals surface area contributed by atoms with Crippen molar-refractivity contribution in [1.82, 2.24) is 5.32 Å². The van der Waals surface area contributed by atoms with Gasteiger partial charge >= 0.3 is 12.6 Å². The lowest BCUT2D eigenvalue weighted by Crippen LogP contribution is -3.03. The number of carbonyl (C=O) groups excluding carboxylic acids is 1. The predicted molar refractivity (Wildman–Crippen MR) is 123 cm³/mol. The quantitative estimate of drug-likeness (QED) is 0.352. The van der Waals surface area contributed by atoms with E-state index < -0.39 is 24.8 Å². The average Bonchev–Trinajstić information content (AvgIpc) is 3.64. The van der Waals surface area contributed by atoms with Crippen LogP contribution >= 0.6 is 23.2 Å². The molecule has 0 amide bonds. The molecule has 35 heavy (non-hydrogen) atoms. The third-order valence-electron chi connectivity index (χ3n) is 5.80. The van der Waals surface area contributed by atoms with E-state index in [9.17, 15) is 18.8 Å². The second-order valence-electron chi connectivity index (χ2n) is 8.55. The number of morpholine rings is 1. The first kappa shape index (κ1) is 26.1. The molecule has 1 aromatic carbocycles. The zero-order valence-electron chi connectivity index (χ0n) is 18.7. The maximum atomic E-state index is 12.9. The third-order valence-corrected chi connectivity index (χ3v) is 6.50. The summed E-state index contributed by atoms with van der Waals surface area (Å²) in [5, 5.41) is 15.0. The zero-order chi connectivity index (χ0) is 24.9. The molecule has 2 heterocycles. The van der Waals surface area contributed by atoms with Gasteiger partial charge in [0.05, 0.1) is 23.3 Å². The Kier molecular flexibility index (Phi) is 8.85. The molecule has 2 aliphatic heterocycles. The predicted octanol–water partition coefficient (Wildman–Crippen LogP) is 3.01. The molecule has 0 aromatic heterocycles. The summed E-state index contributed by atoms with van der Waals surface area (Å²) in [7, 11) is 0. The van der Waals surface area contributed by atoms with Gasteiger partial charge in [-0.2, -0.15) is 8.78 Å². The number of quaternary nitrogens is 1. The second kappa shape index (κ2) is 11.9. The average molecular weight is 535 g/mol. The molecule has 2 fully saturated rings. The van der Waals surface area contributed by atoms with E-state index in [1.54, 1.807) is 0 Å². The first-order valence-corrected chi connectivity index (χ1v) is 12.1. The van der Waals surface area contributed by atoms with Gasteiger partial charge in [0.1, 0.15) is 18.8 Å². The highest BCUT2D eigenvalue weighted by Crippen LogP contribution is 2.39. The van der Waals surface area contributed by atoms with Crippen LogP contribution in [-0.4, -0.2) is 51.5 Å². The fourth-order valence-electron chi connectivity index (χ4n) is 3.75. The number of halogens is 4. The maximum Gasteiger partial charge on any atom is 0.387 e. The van der Waals surface area contributed by atoms with Gasteiger partial charge in [-0.15, -0.1) is 0 Å². The van der Waals surface area contributed by atoms with Crippen LogP contribution in [0.2, 0.25) is 0 Å². The number of hydrogen-bond donors (Lipinski definition) is 2. The van der Waals surface area contributed by atoms with Crippen molar-refractivity contribution in [3.63, 3.8) is 0 Å². The largest absolute Gasteiger partial charge is 0.629 e. The lowest BCUT2D eigenvalue weighted by Gasteiger charge is -2.28. The summed E-state index contributed by atoms with van der Waals surface area (Å²) < 4.78 is 47.6. The standard InChI is InChI=1S/C23H26Cl2F2N2O6/c24-16-10-29(31)11-17(25)15(16)8-19(34-22(30)21-9-28-5-6-32-21)14-3-4-18(35-23(26)27)20(7-14)33-12-13-1-2-13/h3-4,7,10,13,19,21,23,28-29H,1-2,5-6,8-9,11-12H2/t19-,21?/m0/s1. The Morgan fingerprint density at radius 2 is 2.09 bits per heavy atom. The van der Waals surface area contributed by atoms with Crippen molar-refractivity contribution < 1.29 is 37.6 Å². The monoisotopic (exact) mass is 534 g/mol. The Labute approximate surface area is 211 Å². The molecule has 0 spiro atoms. The summed E-state index contributed by atoms with van der Waals surface area (Å²) in [6.45, 7) is -1.40. The highest BCUT2D eigenvalue weighted by atomic mass is 35.5. The smallest absolute Gasteiger partial charge is 0.387 e. The Bertz CT molecular complexity index is 983. The summed E-state index contributed by atoms with van der Waals surface area (Å²) in [6, 6.07) is 4.37. The van der Waals surface area contributed by atoms with Crippen molar-refractivity contribution in [2.75, 3.05) is 32.8 Å². The maximum absolute atomic E-state index is 12.9. The summed E-state index contributed by atoms with van der Waals surface area (Å²) in [5.74, 6) is -0.228. The van der Waals surface area contributed by atoms with Crippen LogP contribution < -0.4 is 19.9 Å². The Morgan fingerprint density at radius 3 is 2.74 bits per heavy atom. The van der Waals surface area contributed by atoms with E-state index in [4.69, 9.17) is 37.4 Å². The van der Waals surface area contributed by atoms with Crippen LogP contribution in [0.3, 0.4) is 0 Å². The van der Waals surface area contributed by atoms with Gasteiger partial charge in [-0.3, -0.25) is 0 Å². The van der Waals surface area contributed by atoms with Crippen LogP contribution in [0.15, 0.2) is 40.0 Å². The molecule has 8 nitrogen and oxygen atoms in total. The molecular weight excluding hydrogens is 509 g/mol. The highest BCUT2D eigenvalue weighted by Gasteiger charge is 2.31. The van der Waals surface area contributed by atoms with Gasteiger partial charge in [0.2, 0.25) is 0 Å². The van der Waals surface area contributed by atoms with Gasteiger partial charge in [0.25, 0.3) is 0 Å². The lowest BCUT2D eigenvalue weighted by atomic mass is 9.99. The van der Waals surface area contributed by atoms with Gasteiger partial charge < -0.3 is 34.5 Å². The van der Waals surface area contributed by atoms with Gasteiger partial charge in [-0.25, -0.2) is 4.79 Å². The molecule has 1 saturated heterocycles. The van der Waals surface area contributed by atoms with E-state index in [1.165, 1.54) is 24.4 Å². The molecule has 0 bridgehead atoms. The van der Waals surface area contributed by atoms with Crippen molar-refractivity contribution in [2.45, 2.75) is 38.1 Å². The number of ether oxygens (including phenoxy) is 4. The number of hydroxylamine groups is 2.